The molecule has 0 aromatic heterocycles. The minimum Gasteiger partial charge on any atom is -0.672 e. The van der Waals surface area contributed by atoms with Crippen molar-refractivity contribution in [3.8, 4) is 11.1 Å². The SMILES string of the molecule is CC1=[C-]C(C)C(C)=C1C.[CH3-].[Hf].[NH-]C12CC3CC(C1)CC(F)(C3)C2.[SiH2]c1ccccc1.c1ccc(-c2ccccc2)cc1. The van der Waals surface area contributed by atoms with Crippen LogP contribution < -0.4 is 5.19 Å². The molecule has 0 spiro atoms. The van der Waals surface area contributed by atoms with E-state index in [4.69, 9.17) is 5.73 Å². The van der Waals surface area contributed by atoms with Gasteiger partial charge >= 0.3 is 0 Å². The van der Waals surface area contributed by atoms with E-state index in [0.29, 0.717) is 24.2 Å². The molecule has 8 rings (SSSR count). The Balaban J connectivity index is 0.000000197. The maximum absolute atomic E-state index is 14.0. The first kappa shape index (κ1) is 36.3. The number of hydrogen-bond acceptors (Lipinski definition) is 0. The summed E-state index contributed by atoms with van der Waals surface area (Å²) in [6.07, 6.45) is 8.61. The van der Waals surface area contributed by atoms with Crippen LogP contribution >= 0.6 is 0 Å². The van der Waals surface area contributed by atoms with Crippen molar-refractivity contribution in [2.75, 3.05) is 0 Å². The summed E-state index contributed by atoms with van der Waals surface area (Å²) >= 11 is 0. The van der Waals surface area contributed by atoms with E-state index in [9.17, 15) is 4.39 Å². The van der Waals surface area contributed by atoms with Crippen LogP contribution in [0.5, 0.6) is 0 Å². The first-order valence-electron chi connectivity index (χ1n) is 14.8. The molecule has 3 aromatic rings. The van der Waals surface area contributed by atoms with Crippen molar-refractivity contribution >= 4 is 15.4 Å². The van der Waals surface area contributed by atoms with Gasteiger partial charge in [-0.1, -0.05) is 136 Å². The van der Waals surface area contributed by atoms with Gasteiger partial charge in [0, 0.05) is 36.1 Å². The summed E-state index contributed by atoms with van der Waals surface area (Å²) in [6, 6.07) is 31.1. The summed E-state index contributed by atoms with van der Waals surface area (Å²) in [5.74, 6) is 1.66. The molecule has 1 N–H and O–H groups in total. The van der Waals surface area contributed by atoms with Crippen LogP contribution in [0.1, 0.15) is 66.2 Å². The Bertz CT molecular complexity index is 1220. The number of alkyl halides is 1. The quantitative estimate of drug-likeness (QED) is 0.175. The van der Waals surface area contributed by atoms with Gasteiger partial charge in [-0.15, -0.1) is 12.5 Å². The molecule has 1 nitrogen and oxygen atoms in total. The molecule has 4 saturated carbocycles. The molecule has 0 amide bonds. The predicted molar refractivity (Wildman–Crippen MR) is 178 cm³/mol. The zero-order valence-electron chi connectivity index (χ0n) is 26.2. The molecule has 1 radical (unpaired) electrons. The number of halogens is 1. The van der Waals surface area contributed by atoms with Gasteiger partial charge in [0.25, 0.3) is 0 Å². The summed E-state index contributed by atoms with van der Waals surface area (Å²) < 4.78 is 14.0. The Kier molecular flexibility index (Phi) is 14.1. The average molecular weight is 744 g/mol. The van der Waals surface area contributed by atoms with E-state index in [2.05, 4.69) is 94.4 Å². The van der Waals surface area contributed by atoms with Crippen molar-refractivity contribution in [2.45, 2.75) is 77.4 Å². The van der Waals surface area contributed by atoms with E-state index in [-0.39, 0.29) is 38.8 Å². The first-order chi connectivity index (χ1) is 19.1. The molecule has 3 unspecified atom stereocenters. The molecule has 0 saturated heterocycles. The van der Waals surface area contributed by atoms with E-state index in [1.54, 1.807) is 0 Å². The molecule has 4 heteroatoms. The molecule has 3 atom stereocenters. The molecule has 0 heterocycles. The van der Waals surface area contributed by atoms with Gasteiger partial charge in [0.2, 0.25) is 0 Å². The summed E-state index contributed by atoms with van der Waals surface area (Å²) in [5, 5.41) is 1.35. The van der Waals surface area contributed by atoms with Gasteiger partial charge in [-0.05, 0) is 48.6 Å². The van der Waals surface area contributed by atoms with Crippen LogP contribution in [0.4, 0.5) is 4.39 Å². The van der Waals surface area contributed by atoms with Gasteiger partial charge in [-0.25, -0.2) is 9.96 Å². The summed E-state index contributed by atoms with van der Waals surface area (Å²) in [7, 11) is 1.90. The van der Waals surface area contributed by atoms with Crippen molar-refractivity contribution < 1.29 is 30.2 Å². The summed E-state index contributed by atoms with van der Waals surface area (Å²) in [5.41, 5.74) is 13.6. The van der Waals surface area contributed by atoms with Gasteiger partial charge in [-0.3, -0.25) is 6.08 Å². The van der Waals surface area contributed by atoms with E-state index >= 15 is 0 Å². The molecule has 5 aliphatic rings. The summed E-state index contributed by atoms with van der Waals surface area (Å²) in [4.78, 5) is 0. The summed E-state index contributed by atoms with van der Waals surface area (Å²) in [6.45, 7) is 8.67. The van der Waals surface area contributed by atoms with Crippen LogP contribution in [0.2, 0.25) is 0 Å². The number of nitrogens with one attached hydrogen (secondary N) is 1. The molecule has 4 bridgehead atoms. The van der Waals surface area contributed by atoms with Gasteiger partial charge in [0.1, 0.15) is 5.67 Å². The zero-order chi connectivity index (χ0) is 28.8. The largest absolute Gasteiger partial charge is 0.672 e. The van der Waals surface area contributed by atoms with E-state index in [0.717, 1.165) is 25.7 Å². The van der Waals surface area contributed by atoms with Crippen LogP contribution in [0.25, 0.3) is 16.9 Å². The fourth-order valence-electron chi connectivity index (χ4n) is 7.05. The van der Waals surface area contributed by atoms with E-state index in [1.807, 2.05) is 40.6 Å². The zero-order valence-corrected chi connectivity index (χ0v) is 31.2. The first-order valence-corrected chi connectivity index (χ1v) is 15.5. The van der Waals surface area contributed by atoms with Crippen molar-refractivity contribution in [1.82, 2.24) is 0 Å². The Morgan fingerprint density at radius 2 is 1.19 bits per heavy atom. The number of allylic oxidation sites excluding steroid dienone is 4. The van der Waals surface area contributed by atoms with Gasteiger partial charge in [-0.2, -0.15) is 11.1 Å². The average Bonchev–Trinajstić information content (AvgIpc) is 3.14. The smallest absolute Gasteiger partial charge is 0.110 e. The topological polar surface area (TPSA) is 23.8 Å². The molecular weight excluding hydrogens is 696 g/mol. The normalized spacial score (nSPS) is 27.9. The molecule has 3 aromatic carbocycles. The minimum absolute atomic E-state index is 0. The number of rotatable bonds is 1. The van der Waals surface area contributed by atoms with Gasteiger partial charge < -0.3 is 13.2 Å². The fourth-order valence-corrected chi connectivity index (χ4v) is 7.32. The van der Waals surface area contributed by atoms with Crippen molar-refractivity contribution in [3.63, 3.8) is 0 Å². The van der Waals surface area contributed by atoms with Crippen LogP contribution in [0.15, 0.2) is 108 Å². The second kappa shape index (κ2) is 16.3. The third-order valence-corrected chi connectivity index (χ3v) is 9.42. The minimum atomic E-state index is -0.925. The van der Waals surface area contributed by atoms with Crippen molar-refractivity contribution in [3.05, 3.63) is 127 Å². The molecular formula is C38H48FHfNSi-3. The second-order valence-corrected chi connectivity index (χ2v) is 13.2. The van der Waals surface area contributed by atoms with Gasteiger partial charge in [0.05, 0.1) is 0 Å². The standard InChI is InChI=1S/C12H10.C10H15FN.C9H13.C6H7Si.CH3.Hf/c1-3-7-11(8-4-1)12-9-5-2-6-10-12;11-9-2-7-1-8(3-9)5-10(12,4-7)6-9;1-6-5-7(2)9(4)8(6)3;7-6-4-2-1-3-5-6;;/h1-10H;7-8,12H,1-6H2;6H,1-4H3;1-5H,7H2;1H3;/q;2*-1;;-1;. The molecule has 223 valence electrons. The molecule has 42 heavy (non-hydrogen) atoms. The Morgan fingerprint density at radius 1 is 0.762 bits per heavy atom. The number of hydrogen-bond donors (Lipinski definition) is 0. The van der Waals surface area contributed by atoms with Crippen LogP contribution in [0, 0.1) is 31.3 Å². The molecule has 4 fully saturated rings. The van der Waals surface area contributed by atoms with Gasteiger partial charge in [0.15, 0.2) is 0 Å². The fraction of sp³-hybridized carbons (Fsp3) is 0.395. The number of benzene rings is 3. The van der Waals surface area contributed by atoms with E-state index < -0.39 is 5.67 Å². The predicted octanol–water partition coefficient (Wildman–Crippen LogP) is 9.57. The van der Waals surface area contributed by atoms with Crippen molar-refractivity contribution in [2.24, 2.45) is 17.8 Å². The third kappa shape index (κ3) is 10.1. The molecule has 0 aliphatic heterocycles. The monoisotopic (exact) mass is 745 g/mol. The molecule has 5 aliphatic carbocycles. The van der Waals surface area contributed by atoms with Crippen LogP contribution in [0.3, 0.4) is 0 Å². The van der Waals surface area contributed by atoms with Crippen LogP contribution in [-0.2, 0) is 25.8 Å². The van der Waals surface area contributed by atoms with E-state index in [1.165, 1.54) is 39.5 Å². The maximum Gasteiger partial charge on any atom is 0.110 e. The van der Waals surface area contributed by atoms with Crippen molar-refractivity contribution in [1.29, 1.82) is 0 Å². The Morgan fingerprint density at radius 3 is 1.45 bits per heavy atom. The Hall–Kier alpha value is -1.88. The maximum atomic E-state index is 14.0. The van der Waals surface area contributed by atoms with Crippen LogP contribution in [-0.4, -0.2) is 21.5 Å². The second-order valence-electron chi connectivity index (χ2n) is 12.4. The third-order valence-electron chi connectivity index (χ3n) is 8.95. The Labute approximate surface area is 277 Å².